The van der Waals surface area contributed by atoms with E-state index in [9.17, 15) is 0 Å². The first-order valence-corrected chi connectivity index (χ1v) is 6.08. The summed E-state index contributed by atoms with van der Waals surface area (Å²) in [5.74, 6) is 0. The highest BCUT2D eigenvalue weighted by molar-refractivity contribution is 9.10. The van der Waals surface area contributed by atoms with E-state index in [1.807, 2.05) is 12.1 Å². The minimum absolute atomic E-state index is 0.289. The van der Waals surface area contributed by atoms with E-state index >= 15 is 0 Å². The van der Waals surface area contributed by atoms with Gasteiger partial charge in [-0.05, 0) is 39.7 Å². The molecule has 5 heteroatoms. The molecule has 0 fully saturated rings. The molecule has 2 aromatic rings. The van der Waals surface area contributed by atoms with Crippen molar-refractivity contribution in [3.63, 3.8) is 0 Å². The molecule has 0 amide bonds. The van der Waals surface area contributed by atoms with Gasteiger partial charge in [-0.25, -0.2) is 0 Å². The molecule has 0 aliphatic heterocycles. The largest absolute Gasteiger partial charge is 0.457 e. The van der Waals surface area contributed by atoms with Crippen molar-refractivity contribution >= 4 is 39.1 Å². The first-order chi connectivity index (χ1) is 7.59. The molecule has 0 aliphatic rings. The van der Waals surface area contributed by atoms with Gasteiger partial charge in [0.2, 0.25) is 0 Å². The van der Waals surface area contributed by atoms with E-state index in [4.69, 9.17) is 33.4 Å². The van der Waals surface area contributed by atoms with Crippen LogP contribution in [0.15, 0.2) is 39.6 Å². The number of benzene rings is 1. The molecule has 1 unspecified atom stereocenters. The van der Waals surface area contributed by atoms with Gasteiger partial charge in [0.05, 0.1) is 22.4 Å². The highest BCUT2D eigenvalue weighted by atomic mass is 79.9. The molecule has 84 valence electrons. The minimum Gasteiger partial charge on any atom is -0.457 e. The second kappa shape index (κ2) is 4.80. The Labute approximate surface area is 111 Å². The second-order valence-corrected chi connectivity index (χ2v) is 4.84. The lowest BCUT2D eigenvalue weighted by molar-refractivity contribution is 0.534. The molecule has 2 nitrogen and oxygen atoms in total. The fraction of sp³-hybridized carbons (Fsp3) is 0.0909. The van der Waals surface area contributed by atoms with Crippen molar-refractivity contribution in [2.24, 2.45) is 5.73 Å². The molecule has 2 N–H and O–H groups in total. The summed E-state index contributed by atoms with van der Waals surface area (Å²) in [7, 11) is 0. The third-order valence-electron chi connectivity index (χ3n) is 2.28. The molecule has 0 radical (unpaired) electrons. The lowest BCUT2D eigenvalue weighted by atomic mass is 10.0. The number of hydrogen-bond donors (Lipinski definition) is 1. The Morgan fingerprint density at radius 3 is 2.50 bits per heavy atom. The van der Waals surface area contributed by atoms with Crippen molar-refractivity contribution in [1.82, 2.24) is 0 Å². The fourth-order valence-corrected chi connectivity index (χ4v) is 2.21. The Morgan fingerprint density at radius 2 is 1.94 bits per heavy atom. The molecule has 1 aromatic heterocycles. The first-order valence-electron chi connectivity index (χ1n) is 4.53. The van der Waals surface area contributed by atoms with E-state index in [2.05, 4.69) is 15.9 Å². The Kier molecular flexibility index (Phi) is 3.60. The lowest BCUT2D eigenvalue weighted by Crippen LogP contribution is -2.11. The number of halogens is 3. The average molecular weight is 321 g/mol. The van der Waals surface area contributed by atoms with Crippen molar-refractivity contribution in [2.75, 3.05) is 0 Å². The van der Waals surface area contributed by atoms with Crippen LogP contribution >= 0.6 is 39.1 Å². The maximum absolute atomic E-state index is 6.09. The molecule has 2 rings (SSSR count). The van der Waals surface area contributed by atoms with Gasteiger partial charge in [-0.15, -0.1) is 0 Å². The summed E-state index contributed by atoms with van der Waals surface area (Å²) in [5.41, 5.74) is 7.85. The highest BCUT2D eigenvalue weighted by Crippen LogP contribution is 2.31. The smallest absolute Gasteiger partial charge is 0.174 e. The van der Waals surface area contributed by atoms with Crippen LogP contribution in [0.4, 0.5) is 0 Å². The molecule has 0 bridgehead atoms. The van der Waals surface area contributed by atoms with Gasteiger partial charge in [-0.1, -0.05) is 29.3 Å². The van der Waals surface area contributed by atoms with Crippen molar-refractivity contribution in [3.8, 4) is 0 Å². The van der Waals surface area contributed by atoms with Crippen LogP contribution in [0.25, 0.3) is 0 Å². The van der Waals surface area contributed by atoms with Crippen molar-refractivity contribution < 1.29 is 4.42 Å². The van der Waals surface area contributed by atoms with Gasteiger partial charge in [0.15, 0.2) is 4.67 Å². The van der Waals surface area contributed by atoms with Gasteiger partial charge < -0.3 is 10.2 Å². The fourth-order valence-electron chi connectivity index (χ4n) is 1.41. The first kappa shape index (κ1) is 12.0. The molecule has 0 spiro atoms. The Hall–Kier alpha value is -0.480. The normalized spacial score (nSPS) is 12.8. The van der Waals surface area contributed by atoms with Crippen LogP contribution in [0, 0.1) is 0 Å². The summed E-state index contributed by atoms with van der Waals surface area (Å²) in [6.45, 7) is 0. The third kappa shape index (κ3) is 2.28. The molecular formula is C11H8BrCl2NO. The topological polar surface area (TPSA) is 39.2 Å². The third-order valence-corrected chi connectivity index (χ3v) is 3.67. The lowest BCUT2D eigenvalue weighted by Gasteiger charge is -2.11. The van der Waals surface area contributed by atoms with E-state index < -0.39 is 0 Å². The quantitative estimate of drug-likeness (QED) is 0.891. The summed E-state index contributed by atoms with van der Waals surface area (Å²) in [6.07, 6.45) is 1.58. The zero-order valence-corrected chi connectivity index (χ0v) is 11.2. The van der Waals surface area contributed by atoms with Crippen LogP contribution < -0.4 is 5.73 Å². The number of nitrogens with two attached hydrogens (primary N) is 1. The Morgan fingerprint density at radius 1 is 1.19 bits per heavy atom. The van der Waals surface area contributed by atoms with Crippen molar-refractivity contribution in [3.05, 3.63) is 56.4 Å². The molecule has 0 aliphatic carbocycles. The highest BCUT2D eigenvalue weighted by Gasteiger charge is 2.15. The standard InChI is InChI=1S/C11H8BrCl2NO/c12-11-7(3-4-16-11)10(15)6-1-2-8(13)9(14)5-6/h1-5,10H,15H2. The zero-order chi connectivity index (χ0) is 11.7. The summed E-state index contributed by atoms with van der Waals surface area (Å²) in [4.78, 5) is 0. The second-order valence-electron chi connectivity index (χ2n) is 3.30. The molecule has 0 saturated heterocycles. The van der Waals surface area contributed by atoms with Gasteiger partial charge in [-0.2, -0.15) is 0 Å². The minimum atomic E-state index is -0.289. The van der Waals surface area contributed by atoms with Gasteiger partial charge in [0.25, 0.3) is 0 Å². The molecule has 16 heavy (non-hydrogen) atoms. The zero-order valence-electron chi connectivity index (χ0n) is 8.08. The van der Waals surface area contributed by atoms with Crippen LogP contribution in [0.2, 0.25) is 10.0 Å². The summed E-state index contributed by atoms with van der Waals surface area (Å²) >= 11 is 15.1. The van der Waals surface area contributed by atoms with E-state index in [1.54, 1.807) is 18.4 Å². The average Bonchev–Trinajstić information content (AvgIpc) is 2.67. The summed E-state index contributed by atoms with van der Waals surface area (Å²) < 4.78 is 5.77. The predicted octanol–water partition coefficient (Wildman–Crippen LogP) is 4.40. The van der Waals surface area contributed by atoms with Gasteiger partial charge in [0.1, 0.15) is 0 Å². The van der Waals surface area contributed by atoms with Gasteiger partial charge >= 0.3 is 0 Å². The summed E-state index contributed by atoms with van der Waals surface area (Å²) in [5, 5.41) is 1.01. The van der Waals surface area contributed by atoms with Crippen LogP contribution in [0.3, 0.4) is 0 Å². The number of rotatable bonds is 2. The Balaban J connectivity index is 2.38. The van der Waals surface area contributed by atoms with Gasteiger partial charge in [0, 0.05) is 5.56 Å². The van der Waals surface area contributed by atoms with Crippen LogP contribution in [-0.4, -0.2) is 0 Å². The molecular weight excluding hydrogens is 313 g/mol. The SMILES string of the molecule is NC(c1ccc(Cl)c(Cl)c1)c1ccoc1Br. The maximum atomic E-state index is 6.09. The van der Waals surface area contributed by atoms with Gasteiger partial charge in [-0.3, -0.25) is 0 Å². The van der Waals surface area contributed by atoms with E-state index in [0.717, 1.165) is 11.1 Å². The van der Waals surface area contributed by atoms with E-state index in [-0.39, 0.29) is 6.04 Å². The predicted molar refractivity (Wildman–Crippen MR) is 68.9 cm³/mol. The van der Waals surface area contributed by atoms with E-state index in [0.29, 0.717) is 14.7 Å². The van der Waals surface area contributed by atoms with Crippen LogP contribution in [0.5, 0.6) is 0 Å². The van der Waals surface area contributed by atoms with Crippen LogP contribution in [-0.2, 0) is 0 Å². The molecule has 1 heterocycles. The monoisotopic (exact) mass is 319 g/mol. The molecule has 1 aromatic carbocycles. The Bertz CT molecular complexity index is 512. The van der Waals surface area contributed by atoms with Crippen molar-refractivity contribution in [1.29, 1.82) is 0 Å². The number of furan rings is 1. The van der Waals surface area contributed by atoms with E-state index in [1.165, 1.54) is 0 Å². The molecule has 0 saturated carbocycles. The maximum Gasteiger partial charge on any atom is 0.174 e. The number of hydrogen-bond acceptors (Lipinski definition) is 2. The molecule has 1 atom stereocenters. The van der Waals surface area contributed by atoms with Crippen molar-refractivity contribution in [2.45, 2.75) is 6.04 Å². The van der Waals surface area contributed by atoms with Crippen LogP contribution in [0.1, 0.15) is 17.2 Å². The summed E-state index contributed by atoms with van der Waals surface area (Å²) in [6, 6.07) is 6.86.